The van der Waals surface area contributed by atoms with Gasteiger partial charge in [0.2, 0.25) is 0 Å². The molecule has 0 saturated carbocycles. The molecule has 0 radical (unpaired) electrons. The molecule has 0 unspecified atom stereocenters. The Morgan fingerprint density at radius 2 is 1.86 bits per heavy atom. The van der Waals surface area contributed by atoms with E-state index in [4.69, 9.17) is 33.0 Å². The number of carboxylic acid groups (broad SMARTS) is 1. The summed E-state index contributed by atoms with van der Waals surface area (Å²) in [7, 11) is 0. The first-order valence-corrected chi connectivity index (χ1v) is 6.29. The fraction of sp³-hybridized carbons (Fsp3) is 0. The van der Waals surface area contributed by atoms with E-state index < -0.39 is 10.9 Å². The van der Waals surface area contributed by atoms with Crippen molar-refractivity contribution in [2.24, 2.45) is 0 Å². The van der Waals surface area contributed by atoms with Crippen molar-refractivity contribution in [1.29, 1.82) is 0 Å². The van der Waals surface area contributed by atoms with Crippen molar-refractivity contribution in [3.8, 4) is 11.5 Å². The number of halogens is 2. The predicted octanol–water partition coefficient (Wildman–Crippen LogP) is 4.39. The van der Waals surface area contributed by atoms with Crippen LogP contribution in [0.15, 0.2) is 36.4 Å². The Morgan fingerprint density at radius 1 is 1.14 bits per heavy atom. The van der Waals surface area contributed by atoms with Gasteiger partial charge in [-0.2, -0.15) is 0 Å². The molecule has 0 aliphatic carbocycles. The van der Waals surface area contributed by atoms with Crippen molar-refractivity contribution in [1.82, 2.24) is 0 Å². The van der Waals surface area contributed by atoms with Crippen molar-refractivity contribution in [3.63, 3.8) is 0 Å². The second-order valence-electron chi connectivity index (χ2n) is 3.89. The third-order valence-electron chi connectivity index (χ3n) is 2.54. The number of carbonyl (C=O) groups is 1. The summed E-state index contributed by atoms with van der Waals surface area (Å²) < 4.78 is 5.40. The van der Waals surface area contributed by atoms with Crippen molar-refractivity contribution in [3.05, 3.63) is 62.1 Å². The minimum absolute atomic E-state index is 0.00856. The lowest BCUT2D eigenvalue weighted by atomic mass is 10.2. The number of hydrogen-bond donors (Lipinski definition) is 1. The number of carboxylic acids is 1. The highest BCUT2D eigenvalue weighted by molar-refractivity contribution is 6.34. The lowest BCUT2D eigenvalue weighted by Crippen LogP contribution is -2.01. The Labute approximate surface area is 128 Å². The van der Waals surface area contributed by atoms with Gasteiger partial charge in [0.15, 0.2) is 0 Å². The number of ether oxygens (including phenoxy) is 1. The minimum Gasteiger partial charge on any atom is -0.478 e. The van der Waals surface area contributed by atoms with Crippen LogP contribution in [-0.2, 0) is 0 Å². The first-order chi connectivity index (χ1) is 9.90. The van der Waals surface area contributed by atoms with Crippen molar-refractivity contribution in [2.75, 3.05) is 0 Å². The van der Waals surface area contributed by atoms with Crippen molar-refractivity contribution < 1.29 is 19.6 Å². The highest BCUT2D eigenvalue weighted by Gasteiger charge is 2.18. The molecule has 108 valence electrons. The van der Waals surface area contributed by atoms with Crippen LogP contribution in [-0.4, -0.2) is 16.0 Å². The lowest BCUT2D eigenvalue weighted by Gasteiger charge is -2.10. The van der Waals surface area contributed by atoms with Crippen LogP contribution in [0.3, 0.4) is 0 Å². The first kappa shape index (κ1) is 15.1. The number of rotatable bonds is 4. The Hall–Kier alpha value is -2.31. The molecule has 0 spiro atoms. The van der Waals surface area contributed by atoms with Crippen LogP contribution in [0.1, 0.15) is 10.4 Å². The quantitative estimate of drug-likeness (QED) is 0.664. The fourth-order valence-corrected chi connectivity index (χ4v) is 2.06. The lowest BCUT2D eigenvalue weighted by molar-refractivity contribution is -0.384. The van der Waals surface area contributed by atoms with Crippen molar-refractivity contribution >= 4 is 34.9 Å². The van der Waals surface area contributed by atoms with Crippen LogP contribution >= 0.6 is 23.2 Å². The number of benzene rings is 2. The standard InChI is InChI=1S/C13H7Cl2NO5/c14-8-2-1-3-11(12(8)13(17)18)21-10-5-4-7(16(19)20)6-9(10)15/h1-6H,(H,17,18). The summed E-state index contributed by atoms with van der Waals surface area (Å²) in [5, 5.41) is 19.7. The summed E-state index contributed by atoms with van der Waals surface area (Å²) in [4.78, 5) is 21.2. The number of nitro benzene ring substituents is 1. The van der Waals surface area contributed by atoms with Gasteiger partial charge >= 0.3 is 5.97 Å². The largest absolute Gasteiger partial charge is 0.478 e. The Kier molecular flexibility index (Phi) is 4.30. The third kappa shape index (κ3) is 3.24. The maximum atomic E-state index is 11.2. The average molecular weight is 328 g/mol. The normalized spacial score (nSPS) is 10.2. The van der Waals surface area contributed by atoms with Gasteiger partial charge in [-0.3, -0.25) is 10.1 Å². The molecule has 2 aromatic carbocycles. The molecule has 1 N–H and O–H groups in total. The SMILES string of the molecule is O=C(O)c1c(Cl)cccc1Oc1ccc([N+](=O)[O-])cc1Cl. The minimum atomic E-state index is -1.26. The highest BCUT2D eigenvalue weighted by atomic mass is 35.5. The summed E-state index contributed by atoms with van der Waals surface area (Å²) in [5.41, 5.74) is -0.412. The van der Waals surface area contributed by atoms with Crippen LogP contribution in [0.25, 0.3) is 0 Å². The van der Waals surface area contributed by atoms with Crippen LogP contribution in [0, 0.1) is 10.1 Å². The van der Waals surface area contributed by atoms with Crippen LogP contribution < -0.4 is 4.74 Å². The molecule has 2 aromatic rings. The Morgan fingerprint density at radius 3 is 2.43 bits per heavy atom. The van der Waals surface area contributed by atoms with Crippen LogP contribution in [0.2, 0.25) is 10.0 Å². The van der Waals surface area contributed by atoms with Gasteiger partial charge in [-0.25, -0.2) is 4.79 Å². The molecule has 0 heterocycles. The van der Waals surface area contributed by atoms with E-state index in [0.29, 0.717) is 0 Å². The summed E-state index contributed by atoms with van der Waals surface area (Å²) >= 11 is 11.7. The number of hydrogen-bond acceptors (Lipinski definition) is 4. The zero-order valence-corrected chi connectivity index (χ0v) is 11.8. The van der Waals surface area contributed by atoms with E-state index in [2.05, 4.69) is 0 Å². The summed E-state index contributed by atoms with van der Waals surface area (Å²) in [6.45, 7) is 0. The van der Waals surface area contributed by atoms with Gasteiger partial charge in [0.25, 0.3) is 5.69 Å². The molecular formula is C13H7Cl2NO5. The average Bonchev–Trinajstić information content (AvgIpc) is 2.40. The highest BCUT2D eigenvalue weighted by Crippen LogP contribution is 2.35. The predicted molar refractivity (Wildman–Crippen MR) is 76.6 cm³/mol. The zero-order valence-electron chi connectivity index (χ0n) is 10.2. The first-order valence-electron chi connectivity index (χ1n) is 5.53. The van der Waals surface area contributed by atoms with Crippen LogP contribution in [0.4, 0.5) is 5.69 Å². The van der Waals surface area contributed by atoms with E-state index in [-0.39, 0.29) is 32.8 Å². The molecule has 2 rings (SSSR count). The van der Waals surface area contributed by atoms with Gasteiger partial charge in [-0.15, -0.1) is 0 Å². The maximum Gasteiger partial charge on any atom is 0.341 e. The monoisotopic (exact) mass is 327 g/mol. The second kappa shape index (κ2) is 5.99. The molecule has 0 aliphatic rings. The molecule has 8 heteroatoms. The van der Waals surface area contributed by atoms with Gasteiger partial charge in [0.1, 0.15) is 17.1 Å². The topological polar surface area (TPSA) is 89.7 Å². The number of aromatic carboxylic acids is 1. The van der Waals surface area contributed by atoms with E-state index in [0.717, 1.165) is 6.07 Å². The van der Waals surface area contributed by atoms with Crippen molar-refractivity contribution in [2.45, 2.75) is 0 Å². The number of nitrogens with zero attached hydrogens (tertiary/aromatic N) is 1. The molecule has 0 fully saturated rings. The molecular weight excluding hydrogens is 321 g/mol. The fourth-order valence-electron chi connectivity index (χ4n) is 1.60. The zero-order chi connectivity index (χ0) is 15.6. The third-order valence-corrected chi connectivity index (χ3v) is 3.15. The molecule has 0 bridgehead atoms. The van der Waals surface area contributed by atoms with E-state index in [9.17, 15) is 14.9 Å². The van der Waals surface area contributed by atoms with E-state index >= 15 is 0 Å². The molecule has 6 nitrogen and oxygen atoms in total. The number of nitro groups is 1. The molecule has 21 heavy (non-hydrogen) atoms. The van der Waals surface area contributed by atoms with Crippen LogP contribution in [0.5, 0.6) is 11.5 Å². The molecule has 0 atom stereocenters. The summed E-state index contributed by atoms with van der Waals surface area (Å²) in [5.74, 6) is -1.17. The molecule has 0 amide bonds. The van der Waals surface area contributed by atoms with E-state index in [1.165, 1.54) is 30.3 Å². The maximum absolute atomic E-state index is 11.2. The molecule has 0 aliphatic heterocycles. The van der Waals surface area contributed by atoms with Gasteiger partial charge < -0.3 is 9.84 Å². The summed E-state index contributed by atoms with van der Waals surface area (Å²) in [6, 6.07) is 7.94. The van der Waals surface area contributed by atoms with E-state index in [1.54, 1.807) is 0 Å². The van der Waals surface area contributed by atoms with Gasteiger partial charge in [-0.1, -0.05) is 29.3 Å². The second-order valence-corrected chi connectivity index (χ2v) is 4.71. The summed E-state index contributed by atoms with van der Waals surface area (Å²) in [6.07, 6.45) is 0. The van der Waals surface area contributed by atoms with Gasteiger partial charge in [-0.05, 0) is 18.2 Å². The Bertz CT molecular complexity index is 732. The molecule has 0 aromatic heterocycles. The smallest absolute Gasteiger partial charge is 0.341 e. The molecule has 0 saturated heterocycles. The Balaban J connectivity index is 2.42. The van der Waals surface area contributed by atoms with Gasteiger partial charge in [0.05, 0.1) is 15.0 Å². The van der Waals surface area contributed by atoms with E-state index in [1.807, 2.05) is 0 Å². The van der Waals surface area contributed by atoms with Gasteiger partial charge in [0, 0.05) is 12.1 Å². The number of non-ortho nitro benzene ring substituents is 1.